The summed E-state index contributed by atoms with van der Waals surface area (Å²) in [6.07, 6.45) is 0. The van der Waals surface area contributed by atoms with Crippen molar-refractivity contribution >= 4 is 12.6 Å². The summed E-state index contributed by atoms with van der Waals surface area (Å²) in [6, 6.07) is 4.57. The molecule has 1 aromatic rings. The van der Waals surface area contributed by atoms with Gasteiger partial charge in [0.2, 0.25) is 0 Å². The van der Waals surface area contributed by atoms with Crippen LogP contribution in [0.5, 0.6) is 5.75 Å². The van der Waals surface area contributed by atoms with Gasteiger partial charge >= 0.3 is 7.12 Å². The lowest BCUT2D eigenvalue weighted by atomic mass is 9.77. The van der Waals surface area contributed by atoms with E-state index in [0.717, 1.165) is 45.0 Å². The van der Waals surface area contributed by atoms with E-state index in [1.54, 1.807) is 6.07 Å². The molecule has 0 saturated carbocycles. The predicted octanol–water partition coefficient (Wildman–Crippen LogP) is -1.49. The third-order valence-electron chi connectivity index (χ3n) is 3.75. The van der Waals surface area contributed by atoms with Crippen molar-refractivity contribution in [2.45, 2.75) is 6.54 Å². The van der Waals surface area contributed by atoms with Gasteiger partial charge in [-0.25, -0.2) is 0 Å². The third-order valence-corrected chi connectivity index (χ3v) is 3.75. The van der Waals surface area contributed by atoms with Gasteiger partial charge in [0.1, 0.15) is 5.75 Å². The van der Waals surface area contributed by atoms with Crippen LogP contribution >= 0.6 is 0 Å². The monoisotopic (exact) mass is 324 g/mol. The highest BCUT2D eigenvalue weighted by molar-refractivity contribution is 6.59. The molecule has 0 spiro atoms. The highest BCUT2D eigenvalue weighted by Crippen LogP contribution is 2.12. The van der Waals surface area contributed by atoms with Crippen molar-refractivity contribution in [1.29, 1.82) is 0 Å². The van der Waals surface area contributed by atoms with Crippen LogP contribution in [0.3, 0.4) is 0 Å². The van der Waals surface area contributed by atoms with Crippen molar-refractivity contribution in [1.82, 2.24) is 10.2 Å². The molecule has 7 nitrogen and oxygen atoms in total. The molecule has 2 aliphatic heterocycles. The van der Waals surface area contributed by atoms with Crippen LogP contribution in [0.1, 0.15) is 5.56 Å². The Kier molecular flexibility index (Phi) is 7.80. The second-order valence-electron chi connectivity index (χ2n) is 5.51. The van der Waals surface area contributed by atoms with Crippen LogP contribution in [-0.4, -0.2) is 79.8 Å². The molecule has 0 amide bonds. The SMILES string of the molecule is C1COCCN1.OB(O)c1ccc(O)cc1CN1CCOCC1. The van der Waals surface area contributed by atoms with Gasteiger partial charge in [0.05, 0.1) is 26.4 Å². The van der Waals surface area contributed by atoms with E-state index < -0.39 is 7.12 Å². The maximum Gasteiger partial charge on any atom is 0.488 e. The Bertz CT molecular complexity index is 454. The first-order chi connectivity index (χ1) is 11.2. The van der Waals surface area contributed by atoms with Gasteiger partial charge < -0.3 is 29.9 Å². The molecule has 4 N–H and O–H groups in total. The molecule has 3 rings (SSSR count). The maximum absolute atomic E-state index is 9.44. The van der Waals surface area contributed by atoms with Gasteiger partial charge in [0.25, 0.3) is 0 Å². The van der Waals surface area contributed by atoms with E-state index in [-0.39, 0.29) is 5.75 Å². The van der Waals surface area contributed by atoms with Crippen molar-refractivity contribution in [3.8, 4) is 5.75 Å². The summed E-state index contributed by atoms with van der Waals surface area (Å²) >= 11 is 0. The second-order valence-corrected chi connectivity index (χ2v) is 5.51. The zero-order chi connectivity index (χ0) is 16.5. The molecule has 0 unspecified atom stereocenters. The van der Waals surface area contributed by atoms with Crippen molar-refractivity contribution in [2.24, 2.45) is 0 Å². The average Bonchev–Trinajstić information content (AvgIpc) is 2.58. The molecular formula is C15H25BN2O5. The number of hydrogen-bond acceptors (Lipinski definition) is 7. The first-order valence-electron chi connectivity index (χ1n) is 7.93. The number of benzene rings is 1. The normalized spacial score (nSPS) is 18.9. The molecule has 0 aromatic heterocycles. The van der Waals surface area contributed by atoms with Gasteiger partial charge in [-0.05, 0) is 23.2 Å². The molecule has 2 saturated heterocycles. The number of phenolic OH excluding ortho intramolecular Hbond substituents is 1. The van der Waals surface area contributed by atoms with E-state index >= 15 is 0 Å². The van der Waals surface area contributed by atoms with Crippen molar-refractivity contribution in [3.63, 3.8) is 0 Å². The largest absolute Gasteiger partial charge is 0.508 e. The summed E-state index contributed by atoms with van der Waals surface area (Å²) in [5.74, 6) is 0.137. The Labute approximate surface area is 137 Å². The number of phenols is 1. The fraction of sp³-hybridized carbons (Fsp3) is 0.600. The minimum absolute atomic E-state index is 0.137. The Morgan fingerprint density at radius 3 is 2.22 bits per heavy atom. The Balaban J connectivity index is 0.000000268. The van der Waals surface area contributed by atoms with Crippen LogP contribution in [0.2, 0.25) is 0 Å². The first kappa shape index (κ1) is 18.2. The van der Waals surface area contributed by atoms with Crippen molar-refractivity contribution < 1.29 is 24.6 Å². The van der Waals surface area contributed by atoms with Crippen molar-refractivity contribution in [2.75, 3.05) is 52.6 Å². The van der Waals surface area contributed by atoms with Gasteiger partial charge in [0.15, 0.2) is 0 Å². The molecule has 2 fully saturated rings. The molecule has 0 aliphatic carbocycles. The van der Waals surface area contributed by atoms with E-state index in [1.807, 2.05) is 0 Å². The van der Waals surface area contributed by atoms with Crippen LogP contribution in [0, 0.1) is 0 Å². The van der Waals surface area contributed by atoms with E-state index in [2.05, 4.69) is 10.2 Å². The number of ether oxygens (including phenoxy) is 2. The van der Waals surface area contributed by atoms with Gasteiger partial charge in [-0.1, -0.05) is 6.07 Å². The fourth-order valence-corrected chi connectivity index (χ4v) is 2.50. The molecular weight excluding hydrogens is 299 g/mol. The molecule has 2 aliphatic rings. The maximum atomic E-state index is 9.44. The molecule has 0 bridgehead atoms. The number of nitrogens with one attached hydrogen (secondary N) is 1. The average molecular weight is 324 g/mol. The summed E-state index contributed by atoms with van der Waals surface area (Å²) in [5.41, 5.74) is 1.18. The van der Waals surface area contributed by atoms with Gasteiger partial charge in [-0.3, -0.25) is 4.90 Å². The van der Waals surface area contributed by atoms with Gasteiger partial charge in [0, 0.05) is 32.7 Å². The Morgan fingerprint density at radius 2 is 1.70 bits per heavy atom. The topological polar surface area (TPSA) is 94.4 Å². The van der Waals surface area contributed by atoms with E-state index in [1.165, 1.54) is 12.1 Å². The highest BCUT2D eigenvalue weighted by Gasteiger charge is 2.19. The summed E-state index contributed by atoms with van der Waals surface area (Å²) in [6.45, 7) is 7.43. The zero-order valence-corrected chi connectivity index (χ0v) is 13.3. The molecule has 8 heteroatoms. The lowest BCUT2D eigenvalue weighted by molar-refractivity contribution is 0.0342. The fourth-order valence-electron chi connectivity index (χ4n) is 2.50. The second kappa shape index (κ2) is 9.87. The van der Waals surface area contributed by atoms with Crippen LogP contribution in [-0.2, 0) is 16.0 Å². The third kappa shape index (κ3) is 6.46. The van der Waals surface area contributed by atoms with Gasteiger partial charge in [-0.15, -0.1) is 0 Å². The smallest absolute Gasteiger partial charge is 0.488 e. The molecule has 128 valence electrons. The molecule has 1 aromatic carbocycles. The molecule has 0 radical (unpaired) electrons. The number of rotatable bonds is 3. The highest BCUT2D eigenvalue weighted by atomic mass is 16.5. The minimum atomic E-state index is -1.51. The van der Waals surface area contributed by atoms with Crippen LogP contribution in [0.4, 0.5) is 0 Å². The first-order valence-corrected chi connectivity index (χ1v) is 7.93. The predicted molar refractivity (Wildman–Crippen MR) is 87.7 cm³/mol. The summed E-state index contributed by atoms with van der Waals surface area (Å²) in [5, 5.41) is 31.1. The lowest BCUT2D eigenvalue weighted by Crippen LogP contribution is -2.39. The minimum Gasteiger partial charge on any atom is -0.508 e. The Morgan fingerprint density at radius 1 is 1.04 bits per heavy atom. The van der Waals surface area contributed by atoms with Crippen molar-refractivity contribution in [3.05, 3.63) is 23.8 Å². The summed E-state index contributed by atoms with van der Waals surface area (Å²) in [7, 11) is -1.51. The van der Waals surface area contributed by atoms with Crippen LogP contribution in [0.15, 0.2) is 18.2 Å². The Hall–Kier alpha value is -1.16. The van der Waals surface area contributed by atoms with E-state index in [0.29, 0.717) is 25.2 Å². The summed E-state index contributed by atoms with van der Waals surface area (Å²) < 4.78 is 10.3. The van der Waals surface area contributed by atoms with Crippen LogP contribution < -0.4 is 10.8 Å². The number of morpholine rings is 2. The quantitative estimate of drug-likeness (QED) is 0.503. The summed E-state index contributed by atoms with van der Waals surface area (Å²) in [4.78, 5) is 2.16. The lowest BCUT2D eigenvalue weighted by Gasteiger charge is -2.27. The molecule has 0 atom stereocenters. The standard InChI is InChI=1S/C11H16BNO4.C4H9NO/c14-10-1-2-11(12(15)16)9(7-10)8-13-3-5-17-6-4-13;1-3-6-4-2-5-1/h1-2,7,14-16H,3-6,8H2;5H,1-4H2. The number of hydrogen-bond donors (Lipinski definition) is 4. The van der Waals surface area contributed by atoms with E-state index in [4.69, 9.17) is 9.47 Å². The number of aromatic hydroxyl groups is 1. The number of nitrogens with zero attached hydrogens (tertiary/aromatic N) is 1. The van der Waals surface area contributed by atoms with Gasteiger partial charge in [-0.2, -0.15) is 0 Å². The molecule has 23 heavy (non-hydrogen) atoms. The van der Waals surface area contributed by atoms with E-state index in [9.17, 15) is 15.2 Å². The van der Waals surface area contributed by atoms with Crippen LogP contribution in [0.25, 0.3) is 0 Å². The zero-order valence-electron chi connectivity index (χ0n) is 13.3. The molecule has 2 heterocycles.